The van der Waals surface area contributed by atoms with E-state index in [4.69, 9.17) is 5.73 Å². The zero-order valence-electron chi connectivity index (χ0n) is 8.88. The molecule has 1 amide bonds. The molecule has 6 nitrogen and oxygen atoms in total. The van der Waals surface area contributed by atoms with Gasteiger partial charge in [-0.2, -0.15) is 0 Å². The summed E-state index contributed by atoms with van der Waals surface area (Å²) in [7, 11) is -3.56. The Morgan fingerprint density at radius 1 is 1.47 bits per heavy atom. The fraction of sp³-hybridized carbons (Fsp3) is 0.375. The lowest BCUT2D eigenvalue weighted by Gasteiger charge is -2.05. The number of amides is 1. The monoisotopic (exact) mass is 299 g/mol. The van der Waals surface area contributed by atoms with E-state index in [1.165, 1.54) is 6.07 Å². The number of rotatable bonds is 6. The van der Waals surface area contributed by atoms with E-state index in [-0.39, 0.29) is 23.2 Å². The van der Waals surface area contributed by atoms with Crippen LogP contribution in [-0.2, 0) is 14.8 Å². The van der Waals surface area contributed by atoms with Crippen molar-refractivity contribution in [2.45, 2.75) is 4.21 Å². The van der Waals surface area contributed by atoms with Gasteiger partial charge in [-0.25, -0.2) is 13.1 Å². The molecule has 1 aromatic heterocycles. The maximum atomic E-state index is 11.6. The summed E-state index contributed by atoms with van der Waals surface area (Å²) in [5, 5.41) is 4.12. The van der Waals surface area contributed by atoms with Gasteiger partial charge in [0.1, 0.15) is 4.21 Å². The molecule has 4 N–H and O–H groups in total. The van der Waals surface area contributed by atoms with E-state index in [9.17, 15) is 13.2 Å². The maximum absolute atomic E-state index is 11.6. The summed E-state index contributed by atoms with van der Waals surface area (Å²) < 4.78 is 25.5. The van der Waals surface area contributed by atoms with Crippen LogP contribution in [0.3, 0.4) is 0 Å². The number of thiophene rings is 1. The number of hydrogen-bond donors (Lipinski definition) is 3. The van der Waals surface area contributed by atoms with E-state index in [1.807, 2.05) is 0 Å². The van der Waals surface area contributed by atoms with Gasteiger partial charge in [-0.1, -0.05) is 6.07 Å². The quantitative estimate of drug-likeness (QED) is 0.660. The predicted molar refractivity (Wildman–Crippen MR) is 68.8 cm³/mol. The molecule has 1 rings (SSSR count). The van der Waals surface area contributed by atoms with Crippen molar-refractivity contribution in [2.24, 2.45) is 5.73 Å². The van der Waals surface area contributed by atoms with Crippen molar-refractivity contribution in [1.29, 1.82) is 0 Å². The minimum Gasteiger partial charge on any atom is -0.354 e. The topological polar surface area (TPSA) is 101 Å². The third-order valence-corrected chi connectivity index (χ3v) is 4.45. The molecule has 17 heavy (non-hydrogen) atoms. The van der Waals surface area contributed by atoms with E-state index in [0.717, 1.165) is 11.3 Å². The smallest absolute Gasteiger partial charge is 0.250 e. The summed E-state index contributed by atoms with van der Waals surface area (Å²) in [5.74, 6) is -0.398. The van der Waals surface area contributed by atoms with Crippen molar-refractivity contribution < 1.29 is 13.2 Å². The molecule has 0 saturated carbocycles. The molecule has 98 valence electrons. The summed E-state index contributed by atoms with van der Waals surface area (Å²) >= 11 is 1.10. The summed E-state index contributed by atoms with van der Waals surface area (Å²) in [6.07, 6.45) is 0. The third kappa shape index (κ3) is 5.46. The Bertz CT molecular complexity index is 433. The lowest BCUT2D eigenvalue weighted by molar-refractivity contribution is -0.119. The maximum Gasteiger partial charge on any atom is 0.250 e. The fourth-order valence-electron chi connectivity index (χ4n) is 0.922. The van der Waals surface area contributed by atoms with Crippen LogP contribution in [0.2, 0.25) is 0 Å². The van der Waals surface area contributed by atoms with Gasteiger partial charge in [0.15, 0.2) is 0 Å². The van der Waals surface area contributed by atoms with E-state index < -0.39 is 15.9 Å². The fourth-order valence-corrected chi connectivity index (χ4v) is 2.94. The Hall–Kier alpha value is -0.670. The molecular weight excluding hydrogens is 286 g/mol. The molecule has 0 unspecified atom stereocenters. The molecule has 0 fully saturated rings. The van der Waals surface area contributed by atoms with E-state index in [2.05, 4.69) is 10.0 Å². The van der Waals surface area contributed by atoms with Gasteiger partial charge < -0.3 is 11.1 Å². The molecule has 0 aliphatic rings. The number of nitrogens with two attached hydrogens (primary N) is 1. The first-order valence-corrected chi connectivity index (χ1v) is 6.92. The molecule has 0 radical (unpaired) electrons. The Morgan fingerprint density at radius 3 is 2.71 bits per heavy atom. The molecule has 0 saturated heterocycles. The molecule has 0 aromatic carbocycles. The first-order valence-electron chi connectivity index (χ1n) is 4.56. The normalized spacial score (nSPS) is 10.6. The summed E-state index contributed by atoms with van der Waals surface area (Å²) in [6.45, 7) is 0.378. The number of sulfonamides is 1. The van der Waals surface area contributed by atoms with Crippen molar-refractivity contribution in [2.75, 3.05) is 19.6 Å². The highest BCUT2D eigenvalue weighted by Gasteiger charge is 2.15. The Morgan fingerprint density at radius 2 is 2.18 bits per heavy atom. The zero-order valence-corrected chi connectivity index (χ0v) is 11.3. The number of carbonyl (C=O) groups excluding carboxylic acids is 1. The minimum atomic E-state index is -3.56. The number of carbonyl (C=O) groups is 1. The molecular formula is C8H14ClN3O3S2. The molecule has 1 heterocycles. The first kappa shape index (κ1) is 16.3. The van der Waals surface area contributed by atoms with E-state index >= 15 is 0 Å². The van der Waals surface area contributed by atoms with Crippen molar-refractivity contribution in [3.63, 3.8) is 0 Å². The number of nitrogens with one attached hydrogen (secondary N) is 2. The lowest BCUT2D eigenvalue weighted by atomic mass is 10.5. The van der Waals surface area contributed by atoms with Crippen molar-refractivity contribution in [1.82, 2.24) is 10.0 Å². The van der Waals surface area contributed by atoms with Gasteiger partial charge in [0.2, 0.25) is 5.91 Å². The van der Waals surface area contributed by atoms with Crippen molar-refractivity contribution >= 4 is 39.7 Å². The standard InChI is InChI=1S/C8H13N3O3S2.ClH/c9-3-4-10-7(12)6-11-16(13,14)8-2-1-5-15-8;/h1-2,5,11H,3-4,6,9H2,(H,10,12);1H. The minimum absolute atomic E-state index is 0. The van der Waals surface area contributed by atoms with Gasteiger partial charge in [0.05, 0.1) is 6.54 Å². The average molecular weight is 300 g/mol. The molecule has 1 aromatic rings. The van der Waals surface area contributed by atoms with Crippen LogP contribution in [0.1, 0.15) is 0 Å². The zero-order chi connectivity index (χ0) is 12.0. The third-order valence-electron chi connectivity index (χ3n) is 1.65. The largest absolute Gasteiger partial charge is 0.354 e. The molecule has 0 bridgehead atoms. The summed E-state index contributed by atoms with van der Waals surface area (Å²) in [6, 6.07) is 3.11. The Balaban J connectivity index is 0.00000256. The second kappa shape index (κ2) is 7.62. The van der Waals surface area contributed by atoms with Crippen molar-refractivity contribution in [3.8, 4) is 0 Å². The second-order valence-electron chi connectivity index (χ2n) is 2.90. The highest BCUT2D eigenvalue weighted by molar-refractivity contribution is 7.91. The van der Waals surface area contributed by atoms with Gasteiger partial charge >= 0.3 is 0 Å². The van der Waals surface area contributed by atoms with Crippen molar-refractivity contribution in [3.05, 3.63) is 17.5 Å². The van der Waals surface area contributed by atoms with Crippen LogP contribution in [0.5, 0.6) is 0 Å². The van der Waals surface area contributed by atoms with Gasteiger partial charge in [-0.05, 0) is 11.4 Å². The van der Waals surface area contributed by atoms with E-state index in [1.54, 1.807) is 11.4 Å². The Kier molecular flexibility index (Phi) is 7.32. The summed E-state index contributed by atoms with van der Waals surface area (Å²) in [5.41, 5.74) is 5.18. The predicted octanol–water partition coefficient (Wildman–Crippen LogP) is -0.477. The SMILES string of the molecule is Cl.NCCNC(=O)CNS(=O)(=O)c1cccs1. The molecule has 0 spiro atoms. The van der Waals surface area contributed by atoms with Crippen LogP contribution in [-0.4, -0.2) is 34.0 Å². The van der Waals surface area contributed by atoms with Crippen LogP contribution in [0.15, 0.2) is 21.7 Å². The van der Waals surface area contributed by atoms with Gasteiger partial charge in [-0.3, -0.25) is 4.79 Å². The van der Waals surface area contributed by atoms with Gasteiger partial charge in [-0.15, -0.1) is 23.7 Å². The Labute approximate surface area is 110 Å². The molecule has 0 aliphatic carbocycles. The van der Waals surface area contributed by atoms with Crippen LogP contribution in [0.25, 0.3) is 0 Å². The summed E-state index contributed by atoms with van der Waals surface area (Å²) in [4.78, 5) is 11.1. The molecule has 0 atom stereocenters. The highest BCUT2D eigenvalue weighted by Crippen LogP contribution is 2.14. The van der Waals surface area contributed by atoms with Gasteiger partial charge in [0.25, 0.3) is 10.0 Å². The number of hydrogen-bond acceptors (Lipinski definition) is 5. The highest BCUT2D eigenvalue weighted by atomic mass is 35.5. The van der Waals surface area contributed by atoms with Crippen LogP contribution >= 0.6 is 23.7 Å². The molecule has 9 heteroatoms. The van der Waals surface area contributed by atoms with E-state index in [0.29, 0.717) is 13.1 Å². The number of halogens is 1. The second-order valence-corrected chi connectivity index (χ2v) is 5.84. The average Bonchev–Trinajstić information content (AvgIpc) is 2.77. The van der Waals surface area contributed by atoms with Crippen LogP contribution in [0.4, 0.5) is 0 Å². The molecule has 0 aliphatic heterocycles. The van der Waals surface area contributed by atoms with Gasteiger partial charge in [0, 0.05) is 13.1 Å². The first-order chi connectivity index (χ1) is 7.56. The lowest BCUT2D eigenvalue weighted by Crippen LogP contribution is -2.38. The van der Waals surface area contributed by atoms with Crippen LogP contribution < -0.4 is 15.8 Å². The van der Waals surface area contributed by atoms with Crippen LogP contribution in [0, 0.1) is 0 Å².